The van der Waals surface area contributed by atoms with Crippen LogP contribution in [0.15, 0.2) is 48.5 Å². The maximum Gasteiger partial charge on any atom is 0.238 e. The van der Waals surface area contributed by atoms with E-state index in [0.717, 1.165) is 43.0 Å². The van der Waals surface area contributed by atoms with Crippen LogP contribution >= 0.6 is 0 Å². The molecule has 160 valence electrons. The van der Waals surface area contributed by atoms with Gasteiger partial charge in [-0.05, 0) is 43.5 Å². The molecule has 2 aromatic carbocycles. The Morgan fingerprint density at radius 2 is 1.47 bits per heavy atom. The topological polar surface area (TPSA) is 64.7 Å². The van der Waals surface area contributed by atoms with E-state index in [1.807, 2.05) is 69.3 Å². The minimum atomic E-state index is -0.00577. The van der Waals surface area contributed by atoms with Gasteiger partial charge in [0.2, 0.25) is 11.8 Å². The zero-order chi connectivity index (χ0) is 21.5. The van der Waals surface area contributed by atoms with E-state index in [2.05, 4.69) is 20.4 Å². The maximum atomic E-state index is 12.4. The predicted molar refractivity (Wildman–Crippen MR) is 120 cm³/mol. The van der Waals surface area contributed by atoms with Gasteiger partial charge in [0, 0.05) is 31.9 Å². The number of hydrogen-bond acceptors (Lipinski definition) is 4. The van der Waals surface area contributed by atoms with E-state index in [1.165, 1.54) is 5.56 Å². The second-order valence-corrected chi connectivity index (χ2v) is 8.05. The number of carbonyl (C=O) groups is 2. The number of amides is 2. The molecule has 0 aliphatic carbocycles. The number of nitrogens with one attached hydrogen (secondary N) is 2. The van der Waals surface area contributed by atoms with Gasteiger partial charge >= 0.3 is 0 Å². The molecule has 1 heterocycles. The summed E-state index contributed by atoms with van der Waals surface area (Å²) in [5.41, 5.74) is 4.25. The third kappa shape index (κ3) is 6.15. The molecule has 0 saturated carbocycles. The van der Waals surface area contributed by atoms with Crippen molar-refractivity contribution in [2.45, 2.75) is 26.8 Å². The summed E-state index contributed by atoms with van der Waals surface area (Å²) in [5.74, 6) is 0.0408. The van der Waals surface area contributed by atoms with Crippen LogP contribution in [-0.4, -0.2) is 60.9 Å². The Kier molecular flexibility index (Phi) is 7.60. The first-order valence-corrected chi connectivity index (χ1v) is 10.6. The van der Waals surface area contributed by atoms with Crippen LogP contribution in [0.2, 0.25) is 0 Å². The summed E-state index contributed by atoms with van der Waals surface area (Å²) in [5, 5.41) is 6.09. The monoisotopic (exact) mass is 408 g/mol. The fraction of sp³-hybridized carbons (Fsp3) is 0.417. The minimum Gasteiger partial charge on any atom is -0.348 e. The van der Waals surface area contributed by atoms with Crippen molar-refractivity contribution in [2.24, 2.45) is 0 Å². The van der Waals surface area contributed by atoms with Crippen molar-refractivity contribution in [3.8, 4) is 0 Å². The number of anilines is 1. The first kappa shape index (κ1) is 22.0. The summed E-state index contributed by atoms with van der Waals surface area (Å²) in [4.78, 5) is 29.1. The van der Waals surface area contributed by atoms with E-state index in [-0.39, 0.29) is 17.9 Å². The highest BCUT2D eigenvalue weighted by atomic mass is 16.2. The van der Waals surface area contributed by atoms with Crippen LogP contribution in [0.4, 0.5) is 5.69 Å². The molecule has 0 unspecified atom stereocenters. The summed E-state index contributed by atoms with van der Waals surface area (Å²) < 4.78 is 0. The second kappa shape index (κ2) is 10.4. The minimum absolute atomic E-state index is 0.00577. The summed E-state index contributed by atoms with van der Waals surface area (Å²) in [7, 11) is 0. The van der Waals surface area contributed by atoms with Gasteiger partial charge in [0.1, 0.15) is 0 Å². The van der Waals surface area contributed by atoms with Gasteiger partial charge in [0.15, 0.2) is 0 Å². The quantitative estimate of drug-likeness (QED) is 0.739. The Hall–Kier alpha value is -2.70. The second-order valence-electron chi connectivity index (χ2n) is 8.05. The highest BCUT2D eigenvalue weighted by molar-refractivity contribution is 5.93. The zero-order valence-electron chi connectivity index (χ0n) is 18.1. The molecule has 1 aliphatic heterocycles. The summed E-state index contributed by atoms with van der Waals surface area (Å²) >= 11 is 0. The average molecular weight is 409 g/mol. The van der Waals surface area contributed by atoms with E-state index in [1.54, 1.807) is 0 Å². The van der Waals surface area contributed by atoms with Crippen LogP contribution in [-0.2, 0) is 9.59 Å². The van der Waals surface area contributed by atoms with Gasteiger partial charge in [-0.25, -0.2) is 0 Å². The Bertz CT molecular complexity index is 861. The van der Waals surface area contributed by atoms with Crippen LogP contribution in [0.25, 0.3) is 0 Å². The molecule has 1 fully saturated rings. The summed E-state index contributed by atoms with van der Waals surface area (Å²) in [6.07, 6.45) is 0. The van der Waals surface area contributed by atoms with Gasteiger partial charge in [0.05, 0.1) is 19.1 Å². The molecule has 1 aliphatic rings. The third-order valence-corrected chi connectivity index (χ3v) is 5.76. The Morgan fingerprint density at radius 1 is 0.867 bits per heavy atom. The van der Waals surface area contributed by atoms with Crippen LogP contribution in [0.3, 0.4) is 0 Å². The van der Waals surface area contributed by atoms with Crippen molar-refractivity contribution in [1.82, 2.24) is 15.1 Å². The van der Waals surface area contributed by atoms with Crippen molar-refractivity contribution in [3.05, 3.63) is 65.2 Å². The first-order valence-electron chi connectivity index (χ1n) is 10.6. The van der Waals surface area contributed by atoms with Crippen molar-refractivity contribution < 1.29 is 9.59 Å². The Labute approximate surface area is 179 Å². The molecule has 6 nitrogen and oxygen atoms in total. The van der Waals surface area contributed by atoms with Gasteiger partial charge in [-0.1, -0.05) is 42.5 Å². The fourth-order valence-electron chi connectivity index (χ4n) is 3.70. The normalized spacial score (nSPS) is 16.1. The van der Waals surface area contributed by atoms with E-state index >= 15 is 0 Å². The number of nitrogens with zero attached hydrogens (tertiary/aromatic N) is 2. The van der Waals surface area contributed by atoms with E-state index in [4.69, 9.17) is 0 Å². The maximum absolute atomic E-state index is 12.4. The molecular formula is C24H32N4O2. The van der Waals surface area contributed by atoms with Crippen molar-refractivity contribution in [1.29, 1.82) is 0 Å². The fourth-order valence-corrected chi connectivity index (χ4v) is 3.70. The lowest BCUT2D eigenvalue weighted by molar-refractivity contribution is -0.124. The van der Waals surface area contributed by atoms with Crippen LogP contribution in [0, 0.1) is 13.8 Å². The molecule has 2 N–H and O–H groups in total. The molecule has 0 spiro atoms. The lowest BCUT2D eigenvalue weighted by atomic mass is 10.1. The number of aryl methyl sites for hydroxylation is 1. The molecule has 2 amide bonds. The molecule has 6 heteroatoms. The largest absolute Gasteiger partial charge is 0.348 e. The first-order chi connectivity index (χ1) is 14.4. The van der Waals surface area contributed by atoms with Gasteiger partial charge < -0.3 is 10.6 Å². The molecule has 0 radical (unpaired) electrons. The molecule has 0 bridgehead atoms. The molecule has 2 aromatic rings. The number of piperazine rings is 1. The van der Waals surface area contributed by atoms with E-state index < -0.39 is 0 Å². The lowest BCUT2D eigenvalue weighted by Gasteiger charge is -2.34. The number of benzene rings is 2. The smallest absolute Gasteiger partial charge is 0.238 e. The molecule has 0 aromatic heterocycles. The molecule has 1 saturated heterocycles. The zero-order valence-corrected chi connectivity index (χ0v) is 18.1. The highest BCUT2D eigenvalue weighted by Gasteiger charge is 2.21. The number of carbonyl (C=O) groups excluding carboxylic acids is 2. The standard InChI is InChI=1S/C24H32N4O2/c1-18-8-7-11-22(19(18)2)26-24(30)17-28-14-12-27(13-15-28)16-23(29)25-20(3)21-9-5-4-6-10-21/h4-11,20H,12-17H2,1-3H3,(H,25,29)(H,26,30)/t20-/m1/s1. The third-order valence-electron chi connectivity index (χ3n) is 5.76. The average Bonchev–Trinajstić information content (AvgIpc) is 2.73. The molecular weight excluding hydrogens is 376 g/mol. The summed E-state index contributed by atoms with van der Waals surface area (Å²) in [6, 6.07) is 15.9. The van der Waals surface area contributed by atoms with Gasteiger partial charge in [-0.2, -0.15) is 0 Å². The van der Waals surface area contributed by atoms with Crippen LogP contribution in [0.5, 0.6) is 0 Å². The lowest BCUT2D eigenvalue weighted by Crippen LogP contribution is -2.51. The Balaban J connectivity index is 1.39. The van der Waals surface area contributed by atoms with Crippen molar-refractivity contribution in [3.63, 3.8) is 0 Å². The van der Waals surface area contributed by atoms with E-state index in [0.29, 0.717) is 13.1 Å². The van der Waals surface area contributed by atoms with Crippen LogP contribution < -0.4 is 10.6 Å². The highest BCUT2D eigenvalue weighted by Crippen LogP contribution is 2.18. The van der Waals surface area contributed by atoms with Gasteiger partial charge in [-0.15, -0.1) is 0 Å². The van der Waals surface area contributed by atoms with Crippen LogP contribution in [0.1, 0.15) is 29.7 Å². The van der Waals surface area contributed by atoms with Gasteiger partial charge in [-0.3, -0.25) is 19.4 Å². The number of rotatable bonds is 7. The predicted octanol–water partition coefficient (Wildman–Crippen LogP) is 2.74. The van der Waals surface area contributed by atoms with Crippen molar-refractivity contribution in [2.75, 3.05) is 44.6 Å². The molecule has 3 rings (SSSR count). The number of hydrogen-bond donors (Lipinski definition) is 2. The SMILES string of the molecule is Cc1cccc(NC(=O)CN2CCN(CC(=O)N[C@H](C)c3ccccc3)CC2)c1C. The molecule has 30 heavy (non-hydrogen) atoms. The molecule has 1 atom stereocenters. The van der Waals surface area contributed by atoms with Crippen molar-refractivity contribution >= 4 is 17.5 Å². The van der Waals surface area contributed by atoms with Gasteiger partial charge in [0.25, 0.3) is 0 Å². The van der Waals surface area contributed by atoms with E-state index in [9.17, 15) is 9.59 Å². The summed E-state index contributed by atoms with van der Waals surface area (Å²) in [6.45, 7) is 9.95. The Morgan fingerprint density at radius 3 is 2.10 bits per heavy atom.